The third-order valence-electron chi connectivity index (χ3n) is 8.10. The Morgan fingerprint density at radius 3 is 2.60 bits per heavy atom. The van der Waals surface area contributed by atoms with Crippen LogP contribution in [0.15, 0.2) is 54.7 Å². The highest BCUT2D eigenvalue weighted by Crippen LogP contribution is 2.29. The van der Waals surface area contributed by atoms with E-state index in [1.807, 2.05) is 18.2 Å². The fourth-order valence-corrected chi connectivity index (χ4v) is 5.59. The molecular weight excluding hydrogens is 534 g/mol. The number of carbonyl (C=O) groups is 1. The Hall–Kier alpha value is -4.24. The molecule has 3 aliphatic heterocycles. The predicted octanol–water partition coefficient (Wildman–Crippen LogP) is 2.64. The summed E-state index contributed by atoms with van der Waals surface area (Å²) in [6.45, 7) is 8.20. The van der Waals surface area contributed by atoms with Gasteiger partial charge in [0.15, 0.2) is 0 Å². The molecule has 0 spiro atoms. The van der Waals surface area contributed by atoms with Gasteiger partial charge in [0.1, 0.15) is 24.0 Å². The van der Waals surface area contributed by atoms with Crippen LogP contribution in [0.4, 0.5) is 17.3 Å². The lowest BCUT2D eigenvalue weighted by Crippen LogP contribution is -2.56. The van der Waals surface area contributed by atoms with Gasteiger partial charge in [0, 0.05) is 62.3 Å². The number of nitrogens with zero attached hydrogens (tertiary/aromatic N) is 6. The van der Waals surface area contributed by atoms with Crippen molar-refractivity contribution in [3.63, 3.8) is 0 Å². The van der Waals surface area contributed by atoms with E-state index in [2.05, 4.69) is 43.3 Å². The first-order valence-corrected chi connectivity index (χ1v) is 14.4. The van der Waals surface area contributed by atoms with Crippen molar-refractivity contribution in [1.82, 2.24) is 19.8 Å². The molecule has 1 amide bonds. The molecule has 2 aromatic carbocycles. The third kappa shape index (κ3) is 6.16. The number of aliphatic hydroxyl groups is 1. The van der Waals surface area contributed by atoms with E-state index in [0.29, 0.717) is 48.5 Å². The Morgan fingerprint density at radius 2 is 1.90 bits per heavy atom. The van der Waals surface area contributed by atoms with Gasteiger partial charge in [-0.3, -0.25) is 9.69 Å². The van der Waals surface area contributed by atoms with Crippen molar-refractivity contribution in [3.8, 4) is 23.1 Å². The SMILES string of the molecule is C[C@@H](O)C(=O)N1CCC(Oc2ccc(-c3ccnc(Nc4ccc(N5CCN(C6COC6)CC5)cc4)n3)cc2C#N)C1. The topological polar surface area (TPSA) is 127 Å². The summed E-state index contributed by atoms with van der Waals surface area (Å²) in [6, 6.07) is 18.3. The highest BCUT2D eigenvalue weighted by molar-refractivity contribution is 5.80. The van der Waals surface area contributed by atoms with Crippen LogP contribution in [0.5, 0.6) is 5.75 Å². The van der Waals surface area contributed by atoms with Crippen molar-refractivity contribution < 1.29 is 19.4 Å². The van der Waals surface area contributed by atoms with Crippen molar-refractivity contribution >= 4 is 23.2 Å². The third-order valence-corrected chi connectivity index (χ3v) is 8.10. The number of piperazine rings is 1. The van der Waals surface area contributed by atoms with Gasteiger partial charge in [-0.15, -0.1) is 0 Å². The van der Waals surface area contributed by atoms with E-state index in [0.717, 1.165) is 50.6 Å². The summed E-state index contributed by atoms with van der Waals surface area (Å²) >= 11 is 0. The first-order chi connectivity index (χ1) is 20.5. The molecule has 0 saturated carbocycles. The summed E-state index contributed by atoms with van der Waals surface area (Å²) < 4.78 is 11.4. The fraction of sp³-hybridized carbons (Fsp3) is 0.419. The highest BCUT2D eigenvalue weighted by Gasteiger charge is 2.30. The van der Waals surface area contributed by atoms with Crippen LogP contribution in [-0.4, -0.2) is 102 Å². The van der Waals surface area contributed by atoms with E-state index in [4.69, 9.17) is 9.47 Å². The number of nitrogens with one attached hydrogen (secondary N) is 1. The number of aromatic nitrogens is 2. The van der Waals surface area contributed by atoms with Crippen LogP contribution >= 0.6 is 0 Å². The molecule has 0 aliphatic carbocycles. The number of likely N-dealkylation sites (tertiary alicyclic amines) is 1. The largest absolute Gasteiger partial charge is 0.487 e. The molecule has 0 bridgehead atoms. The van der Waals surface area contributed by atoms with Crippen molar-refractivity contribution in [2.45, 2.75) is 31.6 Å². The molecule has 3 aliphatic rings. The smallest absolute Gasteiger partial charge is 0.251 e. The number of aliphatic hydroxyl groups excluding tert-OH is 1. The number of hydrogen-bond acceptors (Lipinski definition) is 10. The Balaban J connectivity index is 1.08. The lowest BCUT2D eigenvalue weighted by molar-refractivity contribution is -0.138. The molecule has 6 rings (SSSR count). The molecule has 218 valence electrons. The molecule has 3 fully saturated rings. The predicted molar refractivity (Wildman–Crippen MR) is 158 cm³/mol. The summed E-state index contributed by atoms with van der Waals surface area (Å²) in [4.78, 5) is 27.7. The van der Waals surface area contributed by atoms with E-state index in [1.165, 1.54) is 12.6 Å². The minimum Gasteiger partial charge on any atom is -0.487 e. The van der Waals surface area contributed by atoms with E-state index in [9.17, 15) is 15.2 Å². The molecule has 0 radical (unpaired) electrons. The van der Waals surface area contributed by atoms with E-state index in [-0.39, 0.29) is 12.0 Å². The van der Waals surface area contributed by atoms with Gasteiger partial charge in [-0.05, 0) is 55.5 Å². The molecule has 42 heavy (non-hydrogen) atoms. The van der Waals surface area contributed by atoms with Gasteiger partial charge in [0.2, 0.25) is 5.95 Å². The first kappa shape index (κ1) is 27.9. The number of amides is 1. The number of rotatable bonds is 8. The van der Waals surface area contributed by atoms with Crippen LogP contribution in [0.1, 0.15) is 18.9 Å². The Kier molecular flexibility index (Phi) is 8.19. The van der Waals surface area contributed by atoms with E-state index < -0.39 is 6.10 Å². The second-order valence-electron chi connectivity index (χ2n) is 11.0. The van der Waals surface area contributed by atoms with Crippen LogP contribution in [-0.2, 0) is 9.53 Å². The second-order valence-corrected chi connectivity index (χ2v) is 11.0. The minimum absolute atomic E-state index is 0.237. The molecule has 11 nitrogen and oxygen atoms in total. The number of benzene rings is 2. The Bertz CT molecular complexity index is 1450. The molecule has 1 unspecified atom stereocenters. The fourth-order valence-electron chi connectivity index (χ4n) is 5.59. The average Bonchev–Trinajstić information content (AvgIpc) is 3.45. The molecule has 3 saturated heterocycles. The van der Waals surface area contributed by atoms with Crippen molar-refractivity contribution in [3.05, 3.63) is 60.3 Å². The van der Waals surface area contributed by atoms with E-state index >= 15 is 0 Å². The molecule has 11 heteroatoms. The normalized spacial score (nSPS) is 20.1. The van der Waals surface area contributed by atoms with Gasteiger partial charge in [0.25, 0.3) is 5.91 Å². The minimum atomic E-state index is -1.04. The second kappa shape index (κ2) is 12.3. The molecule has 3 aromatic rings. The summed E-state index contributed by atoms with van der Waals surface area (Å²) in [5, 5.41) is 22.7. The zero-order chi connectivity index (χ0) is 29.1. The molecule has 2 atom stereocenters. The maximum Gasteiger partial charge on any atom is 0.251 e. The van der Waals surface area contributed by atoms with Crippen molar-refractivity contribution in [2.24, 2.45) is 0 Å². The summed E-state index contributed by atoms with van der Waals surface area (Å²) in [5.74, 6) is 0.614. The summed E-state index contributed by atoms with van der Waals surface area (Å²) in [6.07, 6.45) is 1.05. The number of anilines is 3. The first-order valence-electron chi connectivity index (χ1n) is 14.4. The number of ether oxygens (including phenoxy) is 2. The zero-order valence-electron chi connectivity index (χ0n) is 23.6. The standard InChI is InChI=1S/C31H35N7O4/c1-21(39)30(40)38-11-9-27(18-38)42-29-7-2-22(16-23(29)17-32)28-8-10-33-31(35-28)34-24-3-5-25(6-4-24)36-12-14-37(15-13-36)26-19-41-20-26/h2-8,10,16,21,26-27,39H,9,11-15,18-20H2,1H3,(H,33,34,35)/t21-,27?/m1/s1. The van der Waals surface area contributed by atoms with Crippen LogP contribution in [0, 0.1) is 11.3 Å². The van der Waals surface area contributed by atoms with Crippen LogP contribution in [0.2, 0.25) is 0 Å². The maximum atomic E-state index is 12.1. The van der Waals surface area contributed by atoms with Crippen molar-refractivity contribution in [1.29, 1.82) is 5.26 Å². The molecule has 1 aromatic heterocycles. The van der Waals surface area contributed by atoms with Gasteiger partial charge in [0.05, 0.1) is 37.1 Å². The van der Waals surface area contributed by atoms with Crippen molar-refractivity contribution in [2.75, 3.05) is 62.7 Å². The zero-order valence-corrected chi connectivity index (χ0v) is 23.6. The molecule has 2 N–H and O–H groups in total. The van der Waals surface area contributed by atoms with Crippen LogP contribution in [0.25, 0.3) is 11.3 Å². The van der Waals surface area contributed by atoms with Crippen LogP contribution in [0.3, 0.4) is 0 Å². The summed E-state index contributed by atoms with van der Waals surface area (Å²) in [5.41, 5.74) is 3.92. The van der Waals surface area contributed by atoms with Gasteiger partial charge in [-0.25, -0.2) is 9.97 Å². The average molecular weight is 570 g/mol. The lowest BCUT2D eigenvalue weighted by atomic mass is 10.1. The van der Waals surface area contributed by atoms with Gasteiger partial charge in [-0.1, -0.05) is 0 Å². The van der Waals surface area contributed by atoms with Gasteiger partial charge < -0.3 is 29.7 Å². The molecule has 4 heterocycles. The lowest BCUT2D eigenvalue weighted by Gasteiger charge is -2.43. The Labute approximate surface area is 245 Å². The van der Waals surface area contributed by atoms with Gasteiger partial charge >= 0.3 is 0 Å². The van der Waals surface area contributed by atoms with E-state index in [1.54, 1.807) is 29.3 Å². The number of hydrogen-bond donors (Lipinski definition) is 2. The maximum absolute atomic E-state index is 12.1. The quantitative estimate of drug-likeness (QED) is 0.418. The number of carbonyl (C=O) groups excluding carboxylic acids is 1. The number of nitriles is 1. The van der Waals surface area contributed by atoms with Crippen LogP contribution < -0.4 is 15.0 Å². The highest BCUT2D eigenvalue weighted by atomic mass is 16.5. The molecular formula is C31H35N7O4. The summed E-state index contributed by atoms with van der Waals surface area (Å²) in [7, 11) is 0. The Morgan fingerprint density at radius 1 is 1.12 bits per heavy atom. The monoisotopic (exact) mass is 569 g/mol. The van der Waals surface area contributed by atoms with Gasteiger partial charge in [-0.2, -0.15) is 5.26 Å².